The van der Waals surface area contributed by atoms with Gasteiger partial charge in [-0.3, -0.25) is 14.8 Å². The minimum atomic E-state index is -0.857. The van der Waals surface area contributed by atoms with Gasteiger partial charge in [0.25, 0.3) is 11.8 Å². The molecule has 0 saturated heterocycles. The predicted octanol–water partition coefficient (Wildman–Crippen LogP) is 2.19. The lowest BCUT2D eigenvalue weighted by molar-refractivity contribution is 0.0705. The van der Waals surface area contributed by atoms with Crippen molar-refractivity contribution in [2.75, 3.05) is 7.05 Å². The summed E-state index contributed by atoms with van der Waals surface area (Å²) >= 11 is 0. The molecule has 0 aliphatic heterocycles. The van der Waals surface area contributed by atoms with E-state index in [9.17, 15) is 18.4 Å². The maximum absolute atomic E-state index is 13.9. The SMILES string of the molecule is CN(/N=C/c1ccc(C(=O)NO)cc1F)C(=O)c1ccccc1F. The molecule has 124 valence electrons. The van der Waals surface area contributed by atoms with Crippen molar-refractivity contribution in [1.29, 1.82) is 0 Å². The topological polar surface area (TPSA) is 82.0 Å². The summed E-state index contributed by atoms with van der Waals surface area (Å²) in [5.41, 5.74) is 1.16. The number of halogens is 2. The summed E-state index contributed by atoms with van der Waals surface area (Å²) < 4.78 is 27.4. The summed E-state index contributed by atoms with van der Waals surface area (Å²) in [6.45, 7) is 0. The van der Waals surface area contributed by atoms with Crippen LogP contribution in [0.15, 0.2) is 47.6 Å². The van der Waals surface area contributed by atoms with Crippen LogP contribution in [0, 0.1) is 11.6 Å². The third-order valence-corrected chi connectivity index (χ3v) is 3.13. The van der Waals surface area contributed by atoms with Gasteiger partial charge in [-0.2, -0.15) is 5.10 Å². The number of hydrogen-bond acceptors (Lipinski definition) is 4. The van der Waals surface area contributed by atoms with Crippen molar-refractivity contribution in [3.05, 3.63) is 70.8 Å². The summed E-state index contributed by atoms with van der Waals surface area (Å²) in [5.74, 6) is -3.01. The van der Waals surface area contributed by atoms with E-state index in [2.05, 4.69) is 5.10 Å². The second kappa shape index (κ2) is 7.42. The van der Waals surface area contributed by atoms with Gasteiger partial charge in [-0.15, -0.1) is 0 Å². The smallest absolute Gasteiger partial charge is 0.276 e. The first kappa shape index (κ1) is 17.2. The molecule has 0 unspecified atom stereocenters. The largest absolute Gasteiger partial charge is 0.288 e. The van der Waals surface area contributed by atoms with Gasteiger partial charge >= 0.3 is 0 Å². The van der Waals surface area contributed by atoms with E-state index in [1.54, 1.807) is 0 Å². The number of hydrazone groups is 1. The van der Waals surface area contributed by atoms with Gasteiger partial charge < -0.3 is 0 Å². The van der Waals surface area contributed by atoms with E-state index < -0.39 is 23.4 Å². The maximum atomic E-state index is 13.9. The fourth-order valence-electron chi connectivity index (χ4n) is 1.85. The lowest BCUT2D eigenvalue weighted by Gasteiger charge is -2.11. The lowest BCUT2D eigenvalue weighted by atomic mass is 10.1. The number of hydroxylamine groups is 1. The maximum Gasteiger partial charge on any atom is 0.276 e. The van der Waals surface area contributed by atoms with Crippen LogP contribution in [0.25, 0.3) is 0 Å². The summed E-state index contributed by atoms with van der Waals surface area (Å²) in [4.78, 5) is 23.2. The number of hydrogen-bond donors (Lipinski definition) is 2. The zero-order valence-electron chi connectivity index (χ0n) is 12.5. The molecule has 0 saturated carbocycles. The molecular formula is C16H13F2N3O3. The van der Waals surface area contributed by atoms with E-state index in [0.717, 1.165) is 23.4 Å². The van der Waals surface area contributed by atoms with Crippen molar-refractivity contribution >= 4 is 18.0 Å². The monoisotopic (exact) mass is 333 g/mol. The third kappa shape index (κ3) is 3.79. The number of nitrogens with zero attached hydrogens (tertiary/aromatic N) is 2. The van der Waals surface area contributed by atoms with E-state index in [1.807, 2.05) is 0 Å². The van der Waals surface area contributed by atoms with E-state index in [4.69, 9.17) is 5.21 Å². The molecule has 8 heteroatoms. The van der Waals surface area contributed by atoms with Crippen LogP contribution in [0.2, 0.25) is 0 Å². The minimum Gasteiger partial charge on any atom is -0.288 e. The Morgan fingerprint density at radius 2 is 1.88 bits per heavy atom. The molecule has 0 aliphatic rings. The molecule has 0 atom stereocenters. The van der Waals surface area contributed by atoms with Gasteiger partial charge in [0.15, 0.2) is 0 Å². The number of nitrogens with one attached hydrogen (secondary N) is 1. The Balaban J connectivity index is 2.17. The summed E-state index contributed by atoms with van der Waals surface area (Å²) in [6, 6.07) is 8.86. The average Bonchev–Trinajstić information content (AvgIpc) is 2.59. The van der Waals surface area contributed by atoms with Crippen molar-refractivity contribution in [2.45, 2.75) is 0 Å². The molecule has 0 bridgehead atoms. The molecule has 24 heavy (non-hydrogen) atoms. The summed E-state index contributed by atoms with van der Waals surface area (Å²) in [6.07, 6.45) is 1.06. The zero-order valence-corrected chi connectivity index (χ0v) is 12.5. The van der Waals surface area contributed by atoms with Gasteiger partial charge in [0.1, 0.15) is 11.6 Å². The minimum absolute atomic E-state index is 0.0117. The fraction of sp³-hybridized carbons (Fsp3) is 0.0625. The van der Waals surface area contributed by atoms with Gasteiger partial charge in [-0.1, -0.05) is 12.1 Å². The first-order valence-corrected chi connectivity index (χ1v) is 6.74. The number of carbonyl (C=O) groups is 2. The van der Waals surface area contributed by atoms with Crippen LogP contribution in [0.5, 0.6) is 0 Å². The van der Waals surface area contributed by atoms with Crippen LogP contribution >= 0.6 is 0 Å². The van der Waals surface area contributed by atoms with Crippen LogP contribution < -0.4 is 5.48 Å². The molecule has 0 radical (unpaired) electrons. The molecule has 0 spiro atoms. The molecule has 2 N–H and O–H groups in total. The van der Waals surface area contributed by atoms with E-state index in [-0.39, 0.29) is 16.7 Å². The van der Waals surface area contributed by atoms with Gasteiger partial charge in [-0.25, -0.2) is 19.3 Å². The van der Waals surface area contributed by atoms with Gasteiger partial charge in [0.2, 0.25) is 0 Å². The highest BCUT2D eigenvalue weighted by Crippen LogP contribution is 2.11. The Hall–Kier alpha value is -3.13. The number of rotatable bonds is 4. The van der Waals surface area contributed by atoms with Crippen LogP contribution in [0.3, 0.4) is 0 Å². The molecule has 0 aliphatic carbocycles. The normalized spacial score (nSPS) is 10.7. The second-order valence-electron chi connectivity index (χ2n) is 4.73. The van der Waals surface area contributed by atoms with Crippen molar-refractivity contribution in [1.82, 2.24) is 10.5 Å². The van der Waals surface area contributed by atoms with Crippen LogP contribution in [0.1, 0.15) is 26.3 Å². The summed E-state index contributed by atoms with van der Waals surface area (Å²) in [7, 11) is 1.30. The molecule has 2 rings (SSSR count). The number of benzene rings is 2. The molecular weight excluding hydrogens is 320 g/mol. The van der Waals surface area contributed by atoms with Gasteiger partial charge in [-0.05, 0) is 30.3 Å². The Morgan fingerprint density at radius 1 is 1.17 bits per heavy atom. The first-order valence-electron chi connectivity index (χ1n) is 6.74. The Labute approximate surface area is 136 Å². The van der Waals surface area contributed by atoms with Crippen molar-refractivity contribution in [3.8, 4) is 0 Å². The average molecular weight is 333 g/mol. The Morgan fingerprint density at radius 3 is 2.50 bits per heavy atom. The summed E-state index contributed by atoms with van der Waals surface area (Å²) in [5, 5.41) is 13.1. The third-order valence-electron chi connectivity index (χ3n) is 3.13. The Bertz CT molecular complexity index is 809. The Kier molecular flexibility index (Phi) is 5.33. The van der Waals surface area contributed by atoms with E-state index >= 15 is 0 Å². The van der Waals surface area contributed by atoms with Crippen molar-refractivity contribution in [3.63, 3.8) is 0 Å². The van der Waals surface area contributed by atoms with E-state index in [1.165, 1.54) is 42.9 Å². The molecule has 2 aromatic carbocycles. The van der Waals surface area contributed by atoms with E-state index in [0.29, 0.717) is 0 Å². The lowest BCUT2D eigenvalue weighted by Crippen LogP contribution is -2.22. The van der Waals surface area contributed by atoms with Gasteiger partial charge in [0, 0.05) is 18.2 Å². The standard InChI is InChI=1S/C16H13F2N3O3/c1-21(16(23)12-4-2-3-5-13(12)17)19-9-11-7-6-10(8-14(11)18)15(22)20-24/h2-9,24H,1H3,(H,20,22)/b19-9+. The fourth-order valence-corrected chi connectivity index (χ4v) is 1.85. The highest BCUT2D eigenvalue weighted by Gasteiger charge is 2.15. The highest BCUT2D eigenvalue weighted by molar-refractivity contribution is 5.96. The van der Waals surface area contributed by atoms with Crippen molar-refractivity contribution < 1.29 is 23.6 Å². The first-order chi connectivity index (χ1) is 11.4. The molecule has 0 fully saturated rings. The molecule has 2 aromatic rings. The number of carbonyl (C=O) groups excluding carboxylic acids is 2. The molecule has 0 aromatic heterocycles. The zero-order chi connectivity index (χ0) is 17.7. The van der Waals surface area contributed by atoms with Crippen LogP contribution in [-0.2, 0) is 0 Å². The van der Waals surface area contributed by atoms with Gasteiger partial charge in [0.05, 0.1) is 11.8 Å². The van der Waals surface area contributed by atoms with Crippen LogP contribution in [0.4, 0.5) is 8.78 Å². The number of amides is 2. The quantitative estimate of drug-likeness (QED) is 0.511. The highest BCUT2D eigenvalue weighted by atomic mass is 19.1. The predicted molar refractivity (Wildman–Crippen MR) is 81.7 cm³/mol. The molecule has 0 heterocycles. The molecule has 2 amide bonds. The van der Waals surface area contributed by atoms with Crippen LogP contribution in [-0.4, -0.2) is 35.3 Å². The molecule has 6 nitrogen and oxygen atoms in total. The second-order valence-corrected chi connectivity index (χ2v) is 4.73. The van der Waals surface area contributed by atoms with Crippen molar-refractivity contribution in [2.24, 2.45) is 5.10 Å².